The quantitative estimate of drug-likeness (QED) is 0.868. The standard InChI is InChI=1S/C16H17F3N2O2/c1-10(11-4-2-5-12(9-11)16(17,18)19)8-14(22)21-7-3-6-13(21)15(20)23/h2,4-5,8-9,13H,3,6-7H2,1H3,(H2,20,23)/b10-8-/t13-/m1/s1. The first-order valence-corrected chi connectivity index (χ1v) is 7.16. The Bertz CT molecular complexity index is 653. The number of carbonyl (C=O) groups is 2. The molecule has 1 fully saturated rings. The molecule has 0 aromatic heterocycles. The van der Waals surface area contributed by atoms with Crippen LogP contribution in [0, 0.1) is 0 Å². The van der Waals surface area contributed by atoms with E-state index in [2.05, 4.69) is 0 Å². The Morgan fingerprint density at radius 3 is 2.65 bits per heavy atom. The van der Waals surface area contributed by atoms with Crippen LogP contribution in [0.25, 0.3) is 5.57 Å². The molecule has 0 spiro atoms. The smallest absolute Gasteiger partial charge is 0.368 e. The maximum atomic E-state index is 12.7. The van der Waals surface area contributed by atoms with E-state index in [9.17, 15) is 22.8 Å². The molecule has 0 saturated carbocycles. The minimum Gasteiger partial charge on any atom is -0.368 e. The van der Waals surface area contributed by atoms with Crippen molar-refractivity contribution in [2.75, 3.05) is 6.54 Å². The lowest BCUT2D eigenvalue weighted by molar-refractivity contribution is -0.137. The van der Waals surface area contributed by atoms with Gasteiger partial charge in [0.1, 0.15) is 6.04 Å². The van der Waals surface area contributed by atoms with Gasteiger partial charge in [-0.1, -0.05) is 12.1 Å². The van der Waals surface area contributed by atoms with Crippen molar-refractivity contribution in [2.24, 2.45) is 5.73 Å². The Kier molecular flexibility index (Phi) is 4.77. The highest BCUT2D eigenvalue weighted by atomic mass is 19.4. The number of rotatable bonds is 3. The molecule has 0 radical (unpaired) electrons. The first-order valence-electron chi connectivity index (χ1n) is 7.16. The van der Waals surface area contributed by atoms with E-state index in [4.69, 9.17) is 5.73 Å². The van der Waals surface area contributed by atoms with E-state index in [-0.39, 0.29) is 0 Å². The van der Waals surface area contributed by atoms with Crippen molar-refractivity contribution in [3.8, 4) is 0 Å². The molecule has 7 heteroatoms. The number of amides is 2. The van der Waals surface area contributed by atoms with Crippen molar-refractivity contribution in [2.45, 2.75) is 32.0 Å². The fourth-order valence-corrected chi connectivity index (χ4v) is 2.62. The van der Waals surface area contributed by atoms with Gasteiger partial charge in [0.25, 0.3) is 0 Å². The number of nitrogens with two attached hydrogens (primary N) is 1. The molecule has 2 amide bonds. The molecular formula is C16H17F3N2O2. The van der Waals surface area contributed by atoms with Crippen molar-refractivity contribution in [3.63, 3.8) is 0 Å². The molecule has 1 heterocycles. The van der Waals surface area contributed by atoms with Gasteiger partial charge in [-0.2, -0.15) is 13.2 Å². The number of halogens is 3. The van der Waals surface area contributed by atoms with Crippen LogP contribution in [-0.2, 0) is 15.8 Å². The minimum absolute atomic E-state index is 0.308. The number of benzene rings is 1. The zero-order chi connectivity index (χ0) is 17.2. The van der Waals surface area contributed by atoms with Crippen LogP contribution in [0.4, 0.5) is 13.2 Å². The molecule has 2 rings (SSSR count). The van der Waals surface area contributed by atoms with E-state index >= 15 is 0 Å². The second kappa shape index (κ2) is 6.44. The summed E-state index contributed by atoms with van der Waals surface area (Å²) >= 11 is 0. The Balaban J connectivity index is 2.22. The van der Waals surface area contributed by atoms with Crippen LogP contribution in [0.15, 0.2) is 30.3 Å². The zero-order valence-electron chi connectivity index (χ0n) is 12.6. The van der Waals surface area contributed by atoms with Gasteiger partial charge in [0.15, 0.2) is 0 Å². The summed E-state index contributed by atoms with van der Waals surface area (Å²) in [5, 5.41) is 0. The zero-order valence-corrected chi connectivity index (χ0v) is 12.6. The van der Waals surface area contributed by atoms with Crippen LogP contribution in [0.3, 0.4) is 0 Å². The molecular weight excluding hydrogens is 309 g/mol. The maximum absolute atomic E-state index is 12.7. The summed E-state index contributed by atoms with van der Waals surface area (Å²) in [5.74, 6) is -0.984. The Hall–Kier alpha value is -2.31. The lowest BCUT2D eigenvalue weighted by Crippen LogP contribution is -2.43. The number of nitrogens with zero attached hydrogens (tertiary/aromatic N) is 1. The Labute approximate surface area is 131 Å². The number of allylic oxidation sites excluding steroid dienone is 1. The summed E-state index contributed by atoms with van der Waals surface area (Å²) in [5.41, 5.74) is 5.19. The van der Waals surface area contributed by atoms with E-state index < -0.39 is 29.6 Å². The molecule has 1 aromatic rings. The van der Waals surface area contributed by atoms with Crippen molar-refractivity contribution in [1.29, 1.82) is 0 Å². The van der Waals surface area contributed by atoms with E-state index in [0.29, 0.717) is 30.5 Å². The molecule has 1 aliphatic heterocycles. The third kappa shape index (κ3) is 3.91. The largest absolute Gasteiger partial charge is 0.416 e. The molecule has 1 atom stereocenters. The summed E-state index contributed by atoms with van der Waals surface area (Å²) in [6.07, 6.45) is -2.00. The molecule has 1 aliphatic rings. The third-order valence-corrected chi connectivity index (χ3v) is 3.85. The van der Waals surface area contributed by atoms with Crippen molar-refractivity contribution >= 4 is 17.4 Å². The number of primary amides is 1. The predicted molar refractivity (Wildman–Crippen MR) is 79.0 cm³/mol. The van der Waals surface area contributed by atoms with Gasteiger partial charge in [0.2, 0.25) is 11.8 Å². The monoisotopic (exact) mass is 326 g/mol. The Morgan fingerprint density at radius 2 is 2.04 bits per heavy atom. The first kappa shape index (κ1) is 17.1. The second-order valence-electron chi connectivity index (χ2n) is 5.50. The average Bonchev–Trinajstić information content (AvgIpc) is 2.96. The van der Waals surface area contributed by atoms with Crippen LogP contribution in [-0.4, -0.2) is 29.3 Å². The molecule has 0 aliphatic carbocycles. The number of carbonyl (C=O) groups excluding carboxylic acids is 2. The topological polar surface area (TPSA) is 63.4 Å². The van der Waals surface area contributed by atoms with E-state index in [1.54, 1.807) is 6.92 Å². The molecule has 1 aromatic carbocycles. The summed E-state index contributed by atoms with van der Waals surface area (Å²) in [6, 6.07) is 4.12. The SMILES string of the molecule is C/C(=C/C(=O)N1CCC[C@@H]1C(N)=O)c1cccc(C(F)(F)F)c1. The fourth-order valence-electron chi connectivity index (χ4n) is 2.62. The van der Waals surface area contributed by atoms with Crippen LogP contribution < -0.4 is 5.73 Å². The maximum Gasteiger partial charge on any atom is 0.416 e. The lowest BCUT2D eigenvalue weighted by Gasteiger charge is -2.21. The number of likely N-dealkylation sites (tertiary alicyclic amines) is 1. The summed E-state index contributed by atoms with van der Waals surface area (Å²) < 4.78 is 38.2. The summed E-state index contributed by atoms with van der Waals surface area (Å²) in [7, 11) is 0. The van der Waals surface area contributed by atoms with Crippen LogP contribution in [0.5, 0.6) is 0 Å². The first-order chi connectivity index (χ1) is 10.7. The highest BCUT2D eigenvalue weighted by Gasteiger charge is 2.32. The lowest BCUT2D eigenvalue weighted by atomic mass is 10.0. The van der Waals surface area contributed by atoms with Gasteiger partial charge in [0, 0.05) is 12.6 Å². The number of hydrogen-bond donors (Lipinski definition) is 1. The van der Waals surface area contributed by atoms with Gasteiger partial charge in [0.05, 0.1) is 5.56 Å². The molecule has 124 valence electrons. The third-order valence-electron chi connectivity index (χ3n) is 3.85. The van der Waals surface area contributed by atoms with Crippen LogP contribution in [0.1, 0.15) is 30.9 Å². The predicted octanol–water partition coefficient (Wildman–Crippen LogP) is 2.59. The number of hydrogen-bond acceptors (Lipinski definition) is 2. The molecule has 2 N–H and O–H groups in total. The van der Waals surface area contributed by atoms with Gasteiger partial charge in [-0.3, -0.25) is 9.59 Å². The van der Waals surface area contributed by atoms with Crippen molar-refractivity contribution in [3.05, 3.63) is 41.5 Å². The van der Waals surface area contributed by atoms with Crippen LogP contribution in [0.2, 0.25) is 0 Å². The molecule has 1 saturated heterocycles. The van der Waals surface area contributed by atoms with E-state index in [1.165, 1.54) is 23.1 Å². The fraction of sp³-hybridized carbons (Fsp3) is 0.375. The normalized spacial score (nSPS) is 19.0. The minimum atomic E-state index is -4.44. The van der Waals surface area contributed by atoms with Gasteiger partial charge in [-0.15, -0.1) is 0 Å². The second-order valence-corrected chi connectivity index (χ2v) is 5.50. The molecule has 0 bridgehead atoms. The number of alkyl halides is 3. The molecule has 4 nitrogen and oxygen atoms in total. The highest BCUT2D eigenvalue weighted by Crippen LogP contribution is 2.31. The van der Waals surface area contributed by atoms with Crippen molar-refractivity contribution in [1.82, 2.24) is 4.90 Å². The average molecular weight is 326 g/mol. The van der Waals surface area contributed by atoms with E-state index in [1.807, 2.05) is 0 Å². The summed E-state index contributed by atoms with van der Waals surface area (Å²) in [4.78, 5) is 24.9. The van der Waals surface area contributed by atoms with Gasteiger partial charge >= 0.3 is 6.18 Å². The summed E-state index contributed by atoms with van der Waals surface area (Å²) in [6.45, 7) is 1.97. The van der Waals surface area contributed by atoms with E-state index in [0.717, 1.165) is 12.1 Å². The van der Waals surface area contributed by atoms with Crippen molar-refractivity contribution < 1.29 is 22.8 Å². The van der Waals surface area contributed by atoms with Gasteiger partial charge in [-0.25, -0.2) is 0 Å². The molecule has 23 heavy (non-hydrogen) atoms. The highest BCUT2D eigenvalue weighted by molar-refractivity contribution is 5.97. The van der Waals surface area contributed by atoms with Gasteiger partial charge < -0.3 is 10.6 Å². The Morgan fingerprint density at radius 1 is 1.35 bits per heavy atom. The van der Waals surface area contributed by atoms with Gasteiger partial charge in [-0.05, 0) is 43.0 Å². The molecule has 0 unspecified atom stereocenters. The van der Waals surface area contributed by atoms with Crippen LogP contribution >= 0.6 is 0 Å².